The summed E-state index contributed by atoms with van der Waals surface area (Å²) in [5.74, 6) is 0.576. The molecule has 0 radical (unpaired) electrons. The Balaban J connectivity index is 1.96. The van der Waals surface area contributed by atoms with Gasteiger partial charge in [0.15, 0.2) is 0 Å². The van der Waals surface area contributed by atoms with Gasteiger partial charge in [0.1, 0.15) is 5.82 Å². The van der Waals surface area contributed by atoms with Crippen LogP contribution < -0.4 is 0 Å². The zero-order valence-electron chi connectivity index (χ0n) is 8.63. The average Bonchev–Trinajstić information content (AvgIpc) is 2.17. The lowest BCUT2D eigenvalue weighted by Gasteiger charge is -2.28. The second-order valence-electron chi connectivity index (χ2n) is 4.21. The molecule has 1 aliphatic rings. The van der Waals surface area contributed by atoms with Crippen molar-refractivity contribution in [2.24, 2.45) is 5.92 Å². The van der Waals surface area contributed by atoms with Crippen LogP contribution in [0.4, 0.5) is 4.39 Å². The van der Waals surface area contributed by atoms with Crippen LogP contribution in [0.5, 0.6) is 0 Å². The molecule has 0 N–H and O–H groups in total. The minimum Gasteiger partial charge on any atom is -0.247 e. The molecule has 1 saturated heterocycles. The summed E-state index contributed by atoms with van der Waals surface area (Å²) in [5, 5.41) is 0. The molecule has 0 aromatic heterocycles. The van der Waals surface area contributed by atoms with E-state index in [9.17, 15) is 4.39 Å². The highest BCUT2D eigenvalue weighted by Crippen LogP contribution is 2.22. The monoisotopic (exact) mass is 319 g/mol. The van der Waals surface area contributed by atoms with Crippen molar-refractivity contribution in [2.75, 3.05) is 13.1 Å². The van der Waals surface area contributed by atoms with Crippen LogP contribution in [0.2, 0.25) is 0 Å². The van der Waals surface area contributed by atoms with Gasteiger partial charge in [-0.1, -0.05) is 12.1 Å². The van der Waals surface area contributed by atoms with Crippen molar-refractivity contribution >= 4 is 22.9 Å². The molecular weight excluding hydrogens is 304 g/mol. The summed E-state index contributed by atoms with van der Waals surface area (Å²) in [6, 6.07) is 6.99. The van der Waals surface area contributed by atoms with Gasteiger partial charge >= 0.3 is 0 Å². The van der Waals surface area contributed by atoms with Crippen molar-refractivity contribution in [2.45, 2.75) is 19.3 Å². The van der Waals surface area contributed by atoms with Crippen molar-refractivity contribution in [3.05, 3.63) is 35.6 Å². The Labute approximate surface area is 104 Å². The molecule has 0 spiro atoms. The summed E-state index contributed by atoms with van der Waals surface area (Å²) in [6.45, 7) is 2.33. The van der Waals surface area contributed by atoms with E-state index >= 15 is 0 Å². The smallest absolute Gasteiger partial charge is 0.123 e. The molecule has 1 atom stereocenters. The lowest BCUT2D eigenvalue weighted by atomic mass is 9.92. The Kier molecular flexibility index (Phi) is 3.97. The molecule has 2 rings (SSSR count). The summed E-state index contributed by atoms with van der Waals surface area (Å²) in [7, 11) is 0. The molecule has 0 aliphatic carbocycles. The molecule has 82 valence electrons. The highest BCUT2D eigenvalue weighted by atomic mass is 127. The van der Waals surface area contributed by atoms with Crippen LogP contribution in [0.25, 0.3) is 0 Å². The second-order valence-corrected chi connectivity index (χ2v) is 5.58. The first-order valence-electron chi connectivity index (χ1n) is 5.39. The van der Waals surface area contributed by atoms with E-state index in [2.05, 4.69) is 26.0 Å². The Hall–Kier alpha value is -0.160. The maximum atomic E-state index is 13.0. The van der Waals surface area contributed by atoms with E-state index in [4.69, 9.17) is 0 Å². The van der Waals surface area contributed by atoms with Gasteiger partial charge in [0.05, 0.1) is 0 Å². The number of hydrogen-bond acceptors (Lipinski definition) is 1. The van der Waals surface area contributed by atoms with Crippen molar-refractivity contribution in [1.29, 1.82) is 0 Å². The van der Waals surface area contributed by atoms with Crippen LogP contribution in [0.15, 0.2) is 24.3 Å². The summed E-state index contributed by atoms with van der Waals surface area (Å²) >= 11 is 2.38. The zero-order valence-corrected chi connectivity index (χ0v) is 10.8. The Bertz CT molecular complexity index is 329. The van der Waals surface area contributed by atoms with E-state index < -0.39 is 0 Å². The molecule has 1 unspecified atom stereocenters. The Morgan fingerprint density at radius 3 is 3.07 bits per heavy atom. The van der Waals surface area contributed by atoms with Crippen molar-refractivity contribution in [3.8, 4) is 0 Å². The number of halogens is 2. The SMILES string of the molecule is Fc1cccc(CC2CCCN(I)C2)c1. The van der Waals surface area contributed by atoms with Crippen molar-refractivity contribution < 1.29 is 4.39 Å². The van der Waals surface area contributed by atoms with Gasteiger partial charge in [-0.15, -0.1) is 0 Å². The van der Waals surface area contributed by atoms with Gasteiger partial charge in [-0.3, -0.25) is 0 Å². The third-order valence-electron chi connectivity index (χ3n) is 2.88. The molecular formula is C12H15FIN. The van der Waals surface area contributed by atoms with Gasteiger partial charge in [-0.25, -0.2) is 7.50 Å². The first-order chi connectivity index (χ1) is 7.24. The highest BCUT2D eigenvalue weighted by molar-refractivity contribution is 14.1. The van der Waals surface area contributed by atoms with Gasteiger partial charge in [-0.05, 0) is 42.9 Å². The molecule has 1 aromatic rings. The molecule has 15 heavy (non-hydrogen) atoms. The minimum absolute atomic E-state index is 0.116. The van der Waals surface area contributed by atoms with Crippen LogP contribution in [0.1, 0.15) is 18.4 Å². The molecule has 1 heterocycles. The van der Waals surface area contributed by atoms with Crippen LogP contribution >= 0.6 is 22.9 Å². The summed E-state index contributed by atoms with van der Waals surface area (Å²) in [6.07, 6.45) is 3.55. The Morgan fingerprint density at radius 2 is 2.33 bits per heavy atom. The quantitative estimate of drug-likeness (QED) is 0.596. The molecule has 1 fully saturated rings. The average molecular weight is 319 g/mol. The van der Waals surface area contributed by atoms with Crippen LogP contribution in [-0.2, 0) is 6.42 Å². The summed E-state index contributed by atoms with van der Waals surface area (Å²) < 4.78 is 15.3. The van der Waals surface area contributed by atoms with Crippen molar-refractivity contribution in [1.82, 2.24) is 3.11 Å². The Morgan fingerprint density at radius 1 is 1.47 bits per heavy atom. The molecule has 1 aliphatic heterocycles. The first-order valence-corrected chi connectivity index (χ1v) is 6.35. The topological polar surface area (TPSA) is 3.24 Å². The number of rotatable bonds is 2. The zero-order chi connectivity index (χ0) is 10.7. The van der Waals surface area contributed by atoms with E-state index in [0.29, 0.717) is 5.92 Å². The fraction of sp³-hybridized carbons (Fsp3) is 0.500. The number of benzene rings is 1. The summed E-state index contributed by atoms with van der Waals surface area (Å²) in [4.78, 5) is 0. The van der Waals surface area contributed by atoms with Crippen LogP contribution in [-0.4, -0.2) is 16.2 Å². The second kappa shape index (κ2) is 5.25. The summed E-state index contributed by atoms with van der Waals surface area (Å²) in [5.41, 5.74) is 1.13. The normalized spacial score (nSPS) is 22.9. The molecule has 1 aromatic carbocycles. The number of piperidine rings is 1. The maximum Gasteiger partial charge on any atom is 0.123 e. The van der Waals surface area contributed by atoms with E-state index in [1.807, 2.05) is 6.07 Å². The third-order valence-corrected chi connectivity index (χ3v) is 3.76. The predicted molar refractivity (Wildman–Crippen MR) is 68.4 cm³/mol. The molecule has 0 bridgehead atoms. The predicted octanol–water partition coefficient (Wildman–Crippen LogP) is 3.43. The highest BCUT2D eigenvalue weighted by Gasteiger charge is 2.18. The van der Waals surface area contributed by atoms with E-state index in [1.165, 1.54) is 25.5 Å². The van der Waals surface area contributed by atoms with Gasteiger partial charge in [-0.2, -0.15) is 0 Å². The fourth-order valence-corrected chi connectivity index (χ4v) is 3.08. The minimum atomic E-state index is -0.116. The first kappa shape index (κ1) is 11.3. The molecule has 3 heteroatoms. The van der Waals surface area contributed by atoms with Crippen molar-refractivity contribution in [3.63, 3.8) is 0 Å². The van der Waals surface area contributed by atoms with Gasteiger partial charge in [0, 0.05) is 36.0 Å². The third kappa shape index (κ3) is 3.41. The molecule has 0 amide bonds. The standard InChI is InChI=1S/C12H15FIN/c13-12-5-1-3-10(8-12)7-11-4-2-6-15(14)9-11/h1,3,5,8,11H,2,4,6-7,9H2. The fourth-order valence-electron chi connectivity index (χ4n) is 2.18. The van der Waals surface area contributed by atoms with E-state index in [1.54, 1.807) is 12.1 Å². The lowest BCUT2D eigenvalue weighted by Crippen LogP contribution is -2.28. The number of hydrogen-bond donors (Lipinski definition) is 0. The molecule has 1 nitrogen and oxygen atoms in total. The van der Waals surface area contributed by atoms with Gasteiger partial charge in [0.2, 0.25) is 0 Å². The largest absolute Gasteiger partial charge is 0.247 e. The lowest BCUT2D eigenvalue weighted by molar-refractivity contribution is 0.302. The van der Waals surface area contributed by atoms with Crippen LogP contribution in [0, 0.1) is 11.7 Å². The van der Waals surface area contributed by atoms with E-state index in [-0.39, 0.29) is 5.82 Å². The van der Waals surface area contributed by atoms with Gasteiger partial charge in [0.25, 0.3) is 0 Å². The molecule has 0 saturated carbocycles. The number of nitrogens with zero attached hydrogens (tertiary/aromatic N) is 1. The van der Waals surface area contributed by atoms with Gasteiger partial charge < -0.3 is 0 Å². The van der Waals surface area contributed by atoms with E-state index in [0.717, 1.165) is 18.5 Å². The maximum absolute atomic E-state index is 13.0. The van der Waals surface area contributed by atoms with Crippen LogP contribution in [0.3, 0.4) is 0 Å².